The minimum Gasteiger partial charge on any atom is -1.00 e. The fraction of sp³-hybridized carbons (Fsp3) is 0.625. The molecular formula is C8H15K3O6. The third kappa shape index (κ3) is 19.3. The van der Waals surface area contributed by atoms with E-state index in [1.807, 2.05) is 0 Å². The van der Waals surface area contributed by atoms with Crippen molar-refractivity contribution in [2.24, 2.45) is 5.92 Å². The molecule has 0 aliphatic carbocycles. The SMILES string of the molecule is O=C(O)CCC(CCC(=O)O)C(=O)O.[H-].[H-].[H-].[K+].[K+].[K+]. The van der Waals surface area contributed by atoms with Gasteiger partial charge in [-0.2, -0.15) is 0 Å². The topological polar surface area (TPSA) is 112 Å². The summed E-state index contributed by atoms with van der Waals surface area (Å²) in [6, 6.07) is 0. The molecule has 0 aromatic heterocycles. The Balaban J connectivity index is -0.0000000563. The van der Waals surface area contributed by atoms with Crippen LogP contribution >= 0.6 is 0 Å². The number of aliphatic carboxylic acids is 3. The summed E-state index contributed by atoms with van der Waals surface area (Å²) in [5.74, 6) is -4.19. The summed E-state index contributed by atoms with van der Waals surface area (Å²) in [5.41, 5.74) is 0. The minimum atomic E-state index is -1.15. The van der Waals surface area contributed by atoms with E-state index < -0.39 is 23.8 Å². The van der Waals surface area contributed by atoms with Gasteiger partial charge in [-0.1, -0.05) is 0 Å². The Morgan fingerprint density at radius 2 is 1.12 bits per heavy atom. The van der Waals surface area contributed by atoms with Gasteiger partial charge in [-0.05, 0) is 12.8 Å². The maximum Gasteiger partial charge on any atom is 1.00 e. The predicted molar refractivity (Wildman–Crippen MR) is 48.2 cm³/mol. The van der Waals surface area contributed by atoms with Gasteiger partial charge < -0.3 is 19.6 Å². The Kier molecular flexibility index (Phi) is 29.1. The molecule has 0 aromatic rings. The molecule has 0 spiro atoms. The second-order valence-corrected chi connectivity index (χ2v) is 2.90. The standard InChI is InChI=1S/C8H12O6.3K.3H/c9-6(10)3-1-5(8(13)14)2-4-7(11)12;;;;;;/h5H,1-4H2,(H,9,10)(H,11,12)(H,13,14);;;;;;/q;3*+1;3*-1. The van der Waals surface area contributed by atoms with E-state index in [1.165, 1.54) is 0 Å². The second kappa shape index (κ2) is 17.4. The summed E-state index contributed by atoms with van der Waals surface area (Å²) in [7, 11) is 0. The van der Waals surface area contributed by atoms with Crippen LogP contribution in [0.3, 0.4) is 0 Å². The van der Waals surface area contributed by atoms with Gasteiger partial charge in [-0.3, -0.25) is 14.4 Å². The zero-order valence-corrected chi connectivity index (χ0v) is 19.8. The summed E-state index contributed by atoms with van der Waals surface area (Å²) >= 11 is 0. The van der Waals surface area contributed by atoms with E-state index in [4.69, 9.17) is 15.3 Å². The van der Waals surface area contributed by atoms with Gasteiger partial charge in [-0.15, -0.1) is 0 Å². The molecule has 0 aliphatic heterocycles. The van der Waals surface area contributed by atoms with E-state index in [1.54, 1.807) is 0 Å². The van der Waals surface area contributed by atoms with E-state index >= 15 is 0 Å². The van der Waals surface area contributed by atoms with Crippen LogP contribution in [0.5, 0.6) is 0 Å². The molecule has 0 radical (unpaired) electrons. The van der Waals surface area contributed by atoms with Crippen molar-refractivity contribution in [3.63, 3.8) is 0 Å². The van der Waals surface area contributed by atoms with Crippen LogP contribution in [0.15, 0.2) is 0 Å². The third-order valence-electron chi connectivity index (χ3n) is 1.76. The summed E-state index contributed by atoms with van der Waals surface area (Å²) in [5, 5.41) is 25.2. The Morgan fingerprint density at radius 3 is 1.29 bits per heavy atom. The molecule has 9 heteroatoms. The average Bonchev–Trinajstić information content (AvgIpc) is 2.02. The van der Waals surface area contributed by atoms with Crippen molar-refractivity contribution in [3.05, 3.63) is 0 Å². The normalized spacial score (nSPS) is 8.29. The number of carboxylic acid groups (broad SMARTS) is 3. The van der Waals surface area contributed by atoms with Gasteiger partial charge in [0.15, 0.2) is 0 Å². The molecule has 86 valence electrons. The Labute approximate surface area is 231 Å². The molecule has 0 saturated carbocycles. The first-order valence-corrected chi connectivity index (χ1v) is 4.10. The molecule has 6 nitrogen and oxygen atoms in total. The maximum atomic E-state index is 10.5. The van der Waals surface area contributed by atoms with Crippen molar-refractivity contribution in [2.45, 2.75) is 25.7 Å². The van der Waals surface area contributed by atoms with E-state index in [9.17, 15) is 14.4 Å². The van der Waals surface area contributed by atoms with Gasteiger partial charge in [0, 0.05) is 12.8 Å². The maximum absolute atomic E-state index is 10.5. The molecular weight excluding hydrogens is 309 g/mol. The number of carboxylic acids is 3. The Hall–Kier alpha value is 3.32. The fourth-order valence-corrected chi connectivity index (χ4v) is 0.987. The first-order valence-electron chi connectivity index (χ1n) is 4.10. The van der Waals surface area contributed by atoms with Crippen molar-refractivity contribution >= 4 is 17.9 Å². The van der Waals surface area contributed by atoms with Gasteiger partial charge in [0.2, 0.25) is 0 Å². The fourth-order valence-electron chi connectivity index (χ4n) is 0.987. The quantitative estimate of drug-likeness (QED) is 0.401. The molecule has 0 amide bonds. The molecule has 0 aromatic carbocycles. The Bertz CT molecular complexity index is 240. The van der Waals surface area contributed by atoms with Gasteiger partial charge >= 0.3 is 172 Å². The van der Waals surface area contributed by atoms with Gasteiger partial charge in [-0.25, -0.2) is 0 Å². The second-order valence-electron chi connectivity index (χ2n) is 2.90. The van der Waals surface area contributed by atoms with E-state index in [0.717, 1.165) is 0 Å². The van der Waals surface area contributed by atoms with Crippen LogP contribution in [-0.2, 0) is 14.4 Å². The molecule has 0 saturated heterocycles. The summed E-state index contributed by atoms with van der Waals surface area (Å²) in [6.45, 7) is 0. The van der Waals surface area contributed by atoms with Gasteiger partial charge in [0.1, 0.15) is 0 Å². The molecule has 0 fully saturated rings. The van der Waals surface area contributed by atoms with E-state index in [2.05, 4.69) is 0 Å². The van der Waals surface area contributed by atoms with Gasteiger partial charge in [0.05, 0.1) is 5.92 Å². The minimum absolute atomic E-state index is 0. The van der Waals surface area contributed by atoms with Crippen molar-refractivity contribution in [3.8, 4) is 0 Å². The van der Waals surface area contributed by atoms with Crippen LogP contribution in [0.1, 0.15) is 30.0 Å². The van der Waals surface area contributed by atoms with Crippen LogP contribution in [0, 0.1) is 5.92 Å². The zero-order chi connectivity index (χ0) is 11.1. The summed E-state index contributed by atoms with van der Waals surface area (Å²) < 4.78 is 0. The third-order valence-corrected chi connectivity index (χ3v) is 1.76. The predicted octanol–water partition coefficient (Wildman–Crippen LogP) is -8.23. The smallest absolute Gasteiger partial charge is 1.00 e. The molecule has 0 atom stereocenters. The average molecular weight is 324 g/mol. The first-order chi connectivity index (χ1) is 6.43. The Morgan fingerprint density at radius 1 is 0.824 bits per heavy atom. The number of hydrogen-bond acceptors (Lipinski definition) is 3. The molecule has 17 heavy (non-hydrogen) atoms. The monoisotopic (exact) mass is 324 g/mol. The van der Waals surface area contributed by atoms with E-state index in [0.29, 0.717) is 0 Å². The first kappa shape index (κ1) is 28.5. The number of hydrogen-bond donors (Lipinski definition) is 3. The molecule has 0 aliphatic rings. The van der Waals surface area contributed by atoms with Crippen molar-refractivity contribution < 1.29 is 188 Å². The van der Waals surface area contributed by atoms with Crippen LogP contribution < -0.4 is 154 Å². The van der Waals surface area contributed by atoms with Gasteiger partial charge in [0.25, 0.3) is 0 Å². The molecule has 0 unspecified atom stereocenters. The van der Waals surface area contributed by atoms with Crippen molar-refractivity contribution in [1.82, 2.24) is 0 Å². The van der Waals surface area contributed by atoms with E-state index in [-0.39, 0.29) is 184 Å². The van der Waals surface area contributed by atoms with Crippen molar-refractivity contribution in [1.29, 1.82) is 0 Å². The number of rotatable bonds is 7. The van der Waals surface area contributed by atoms with Crippen LogP contribution in [-0.4, -0.2) is 33.2 Å². The molecule has 0 heterocycles. The zero-order valence-electron chi connectivity index (χ0n) is 13.5. The van der Waals surface area contributed by atoms with Crippen LogP contribution in [0.2, 0.25) is 0 Å². The molecule has 0 bridgehead atoms. The summed E-state index contributed by atoms with van der Waals surface area (Å²) in [6.07, 6.45) is -0.566. The van der Waals surface area contributed by atoms with Crippen molar-refractivity contribution in [2.75, 3.05) is 0 Å². The molecule has 0 rings (SSSR count). The number of carbonyl (C=O) groups is 3. The van der Waals surface area contributed by atoms with Crippen LogP contribution in [0.25, 0.3) is 0 Å². The largest absolute Gasteiger partial charge is 1.00 e. The van der Waals surface area contributed by atoms with Crippen LogP contribution in [0.4, 0.5) is 0 Å². The molecule has 3 N–H and O–H groups in total. The summed E-state index contributed by atoms with van der Waals surface area (Å²) in [4.78, 5) is 30.8.